The molecule has 7 nitrogen and oxygen atoms in total. The first-order valence-electron chi connectivity index (χ1n) is 9.91. The first-order chi connectivity index (χ1) is 13.5. The number of carbonyl (C=O) groups is 1. The molecule has 1 aliphatic rings. The minimum absolute atomic E-state index is 0.0691. The predicted octanol–water partition coefficient (Wildman–Crippen LogP) is 2.86. The largest absolute Gasteiger partial charge is 0.497 e. The molecule has 1 fully saturated rings. The van der Waals surface area contributed by atoms with Crippen molar-refractivity contribution in [3.05, 3.63) is 41.5 Å². The zero-order valence-corrected chi connectivity index (χ0v) is 17.2. The second-order valence-corrected chi connectivity index (χ2v) is 7.81. The molecule has 152 valence electrons. The number of amides is 1. The van der Waals surface area contributed by atoms with Crippen molar-refractivity contribution >= 4 is 5.91 Å². The van der Waals surface area contributed by atoms with E-state index in [1.165, 1.54) is 0 Å². The Hall–Kier alpha value is -2.41. The Kier molecular flexibility index (Phi) is 6.67. The van der Waals surface area contributed by atoms with Crippen LogP contribution in [0.15, 0.2) is 28.8 Å². The first kappa shape index (κ1) is 20.3. The van der Waals surface area contributed by atoms with Crippen LogP contribution in [0.5, 0.6) is 5.75 Å². The van der Waals surface area contributed by atoms with E-state index >= 15 is 0 Å². The number of nitrogens with zero attached hydrogens (tertiary/aromatic N) is 4. The van der Waals surface area contributed by atoms with Crippen molar-refractivity contribution in [3.8, 4) is 5.75 Å². The van der Waals surface area contributed by atoms with Gasteiger partial charge in [0, 0.05) is 26.2 Å². The lowest BCUT2D eigenvalue weighted by atomic mass is 10.1. The summed E-state index contributed by atoms with van der Waals surface area (Å²) in [6, 6.07) is 7.61. The van der Waals surface area contributed by atoms with Crippen LogP contribution in [0.3, 0.4) is 0 Å². The maximum atomic E-state index is 13.0. The second kappa shape index (κ2) is 9.19. The molecule has 1 amide bonds. The van der Waals surface area contributed by atoms with Gasteiger partial charge >= 0.3 is 0 Å². The van der Waals surface area contributed by atoms with Gasteiger partial charge in [-0.15, -0.1) is 0 Å². The van der Waals surface area contributed by atoms with Crippen molar-refractivity contribution in [2.75, 3.05) is 33.3 Å². The molecule has 0 aliphatic carbocycles. The zero-order chi connectivity index (χ0) is 20.1. The van der Waals surface area contributed by atoms with Crippen LogP contribution in [0.2, 0.25) is 0 Å². The number of methoxy groups -OCH3 is 1. The summed E-state index contributed by atoms with van der Waals surface area (Å²) in [6.45, 7) is 9.37. The Balaban J connectivity index is 1.76. The number of rotatable bonds is 6. The van der Waals surface area contributed by atoms with Gasteiger partial charge in [0.05, 0.1) is 13.5 Å². The summed E-state index contributed by atoms with van der Waals surface area (Å²) in [7, 11) is 1.63. The number of carbonyl (C=O) groups excluding carboxylic acids is 1. The van der Waals surface area contributed by atoms with Gasteiger partial charge in [-0.2, -0.15) is 4.98 Å². The summed E-state index contributed by atoms with van der Waals surface area (Å²) in [5.74, 6) is 2.62. The molecule has 0 radical (unpaired) electrons. The van der Waals surface area contributed by atoms with E-state index in [1.807, 2.05) is 36.1 Å². The molecule has 7 heteroatoms. The van der Waals surface area contributed by atoms with Gasteiger partial charge < -0.3 is 14.2 Å². The summed E-state index contributed by atoms with van der Waals surface area (Å²) < 4.78 is 10.8. The highest BCUT2D eigenvalue weighted by Crippen LogP contribution is 2.25. The van der Waals surface area contributed by atoms with Gasteiger partial charge in [0.1, 0.15) is 11.8 Å². The predicted molar refractivity (Wildman–Crippen MR) is 106 cm³/mol. The number of hydrogen-bond acceptors (Lipinski definition) is 6. The lowest BCUT2D eigenvalue weighted by Gasteiger charge is -2.30. The van der Waals surface area contributed by atoms with Crippen molar-refractivity contribution < 1.29 is 14.1 Å². The van der Waals surface area contributed by atoms with Gasteiger partial charge in [-0.25, -0.2) is 0 Å². The lowest BCUT2D eigenvalue weighted by Crippen LogP contribution is -2.39. The molecule has 0 saturated carbocycles. The van der Waals surface area contributed by atoms with E-state index in [0.717, 1.165) is 37.4 Å². The summed E-state index contributed by atoms with van der Waals surface area (Å²) in [4.78, 5) is 21.8. The fourth-order valence-electron chi connectivity index (χ4n) is 3.70. The topological polar surface area (TPSA) is 71.7 Å². The third-order valence-corrected chi connectivity index (χ3v) is 4.98. The van der Waals surface area contributed by atoms with Crippen LogP contribution in [-0.2, 0) is 11.2 Å². The average molecular weight is 386 g/mol. The fraction of sp³-hybridized carbons (Fsp3) is 0.571. The minimum Gasteiger partial charge on any atom is -0.497 e. The number of benzene rings is 1. The molecule has 1 atom stereocenters. The summed E-state index contributed by atoms with van der Waals surface area (Å²) >= 11 is 0. The van der Waals surface area contributed by atoms with Crippen molar-refractivity contribution in [1.82, 2.24) is 19.9 Å². The van der Waals surface area contributed by atoms with Crippen LogP contribution >= 0.6 is 0 Å². The Morgan fingerprint density at radius 2 is 2.18 bits per heavy atom. The van der Waals surface area contributed by atoms with Gasteiger partial charge in [-0.05, 0) is 37.0 Å². The Morgan fingerprint density at radius 1 is 1.36 bits per heavy atom. The highest BCUT2D eigenvalue weighted by atomic mass is 16.5. The number of hydrogen-bond donors (Lipinski definition) is 0. The molecule has 1 unspecified atom stereocenters. The molecule has 1 saturated heterocycles. The van der Waals surface area contributed by atoms with E-state index in [0.29, 0.717) is 30.6 Å². The zero-order valence-electron chi connectivity index (χ0n) is 17.2. The molecular formula is C21H30N4O3. The van der Waals surface area contributed by atoms with E-state index in [2.05, 4.69) is 28.9 Å². The van der Waals surface area contributed by atoms with E-state index < -0.39 is 0 Å². The Labute approximate surface area is 166 Å². The summed E-state index contributed by atoms with van der Waals surface area (Å²) in [5, 5.41) is 3.96. The van der Waals surface area contributed by atoms with Crippen LogP contribution in [0.4, 0.5) is 0 Å². The monoisotopic (exact) mass is 386 g/mol. The third-order valence-electron chi connectivity index (χ3n) is 4.98. The molecule has 2 aromatic rings. The van der Waals surface area contributed by atoms with Crippen molar-refractivity contribution in [2.45, 2.75) is 39.7 Å². The molecular weight excluding hydrogens is 356 g/mol. The molecule has 0 N–H and O–H groups in total. The SMILES string of the molecule is COc1cccc(CC(=O)N2CCCN(CC(C)C)C(c3nc(C)no3)C2)c1. The summed E-state index contributed by atoms with van der Waals surface area (Å²) in [6.07, 6.45) is 1.29. The van der Waals surface area contributed by atoms with Gasteiger partial charge in [-0.3, -0.25) is 9.69 Å². The quantitative estimate of drug-likeness (QED) is 0.760. The van der Waals surface area contributed by atoms with Gasteiger partial charge in [0.15, 0.2) is 5.82 Å². The molecule has 0 bridgehead atoms. The Morgan fingerprint density at radius 3 is 2.86 bits per heavy atom. The molecule has 1 aromatic carbocycles. The normalized spacial score (nSPS) is 18.3. The van der Waals surface area contributed by atoms with Crippen LogP contribution in [-0.4, -0.2) is 59.1 Å². The van der Waals surface area contributed by atoms with Crippen molar-refractivity contribution in [3.63, 3.8) is 0 Å². The number of aromatic nitrogens is 2. The van der Waals surface area contributed by atoms with Gasteiger partial charge in [0.25, 0.3) is 0 Å². The molecule has 3 rings (SSSR count). The van der Waals surface area contributed by atoms with Crippen LogP contribution in [0.1, 0.15) is 43.6 Å². The van der Waals surface area contributed by atoms with Gasteiger partial charge in [-0.1, -0.05) is 31.1 Å². The minimum atomic E-state index is -0.0691. The molecule has 28 heavy (non-hydrogen) atoms. The molecule has 0 spiro atoms. The van der Waals surface area contributed by atoms with Gasteiger partial charge in [0.2, 0.25) is 11.8 Å². The Bertz CT molecular complexity index is 789. The first-order valence-corrected chi connectivity index (χ1v) is 9.91. The van der Waals surface area contributed by atoms with E-state index in [9.17, 15) is 4.79 Å². The standard InChI is InChI=1S/C21H30N4O3/c1-15(2)13-24-9-6-10-25(14-19(24)21-22-16(3)23-28-21)20(26)12-17-7-5-8-18(11-17)27-4/h5,7-8,11,15,19H,6,9-10,12-14H2,1-4H3. The molecule has 2 heterocycles. The number of aryl methyl sites for hydroxylation is 1. The van der Waals surface area contributed by atoms with Crippen LogP contribution < -0.4 is 4.74 Å². The van der Waals surface area contributed by atoms with E-state index in [-0.39, 0.29) is 11.9 Å². The van der Waals surface area contributed by atoms with E-state index in [4.69, 9.17) is 9.26 Å². The molecule has 1 aliphatic heterocycles. The second-order valence-electron chi connectivity index (χ2n) is 7.81. The highest BCUT2D eigenvalue weighted by molar-refractivity contribution is 5.79. The van der Waals surface area contributed by atoms with Crippen LogP contribution in [0, 0.1) is 12.8 Å². The fourth-order valence-corrected chi connectivity index (χ4v) is 3.70. The van der Waals surface area contributed by atoms with Crippen molar-refractivity contribution in [2.24, 2.45) is 5.92 Å². The highest BCUT2D eigenvalue weighted by Gasteiger charge is 2.32. The molecule has 1 aromatic heterocycles. The average Bonchev–Trinajstić information content (AvgIpc) is 2.98. The van der Waals surface area contributed by atoms with E-state index in [1.54, 1.807) is 7.11 Å². The third kappa shape index (κ3) is 5.10. The number of ether oxygens (including phenoxy) is 1. The maximum absolute atomic E-state index is 13.0. The smallest absolute Gasteiger partial charge is 0.245 e. The van der Waals surface area contributed by atoms with Crippen LogP contribution in [0.25, 0.3) is 0 Å². The summed E-state index contributed by atoms with van der Waals surface area (Å²) in [5.41, 5.74) is 0.956. The maximum Gasteiger partial charge on any atom is 0.245 e. The van der Waals surface area contributed by atoms with Crippen molar-refractivity contribution in [1.29, 1.82) is 0 Å². The lowest BCUT2D eigenvalue weighted by molar-refractivity contribution is -0.130.